The summed E-state index contributed by atoms with van der Waals surface area (Å²) in [5, 5.41) is 3.42. The zero-order valence-electron chi connectivity index (χ0n) is 8.64. The number of nitrogens with one attached hydrogen (secondary N) is 1. The van der Waals surface area contributed by atoms with Gasteiger partial charge in [0.25, 0.3) is 0 Å². The summed E-state index contributed by atoms with van der Waals surface area (Å²) < 4.78 is 0. The van der Waals surface area contributed by atoms with E-state index in [1.54, 1.807) is 0 Å². The van der Waals surface area contributed by atoms with Gasteiger partial charge in [-0.25, -0.2) is 0 Å². The van der Waals surface area contributed by atoms with E-state index in [4.69, 9.17) is 0 Å². The fraction of sp³-hybridized carbons (Fsp3) is 0.500. The van der Waals surface area contributed by atoms with Crippen LogP contribution in [0, 0.1) is 0 Å². The Hall–Kier alpha value is -0.980. The minimum absolute atomic E-state index is 1.11. The minimum atomic E-state index is 1.11. The maximum Gasteiger partial charge on any atom is 0.0369 e. The van der Waals surface area contributed by atoms with Gasteiger partial charge in [0, 0.05) is 12.2 Å². The molecular formula is C12H19N. The van der Waals surface area contributed by atoms with E-state index in [1.165, 1.54) is 24.1 Å². The van der Waals surface area contributed by atoms with Crippen LogP contribution in [0.4, 0.5) is 0 Å². The maximum atomic E-state index is 3.42. The molecule has 0 aromatic rings. The highest BCUT2D eigenvalue weighted by Gasteiger charge is 2.07. The van der Waals surface area contributed by atoms with Crippen LogP contribution < -0.4 is 5.32 Å². The van der Waals surface area contributed by atoms with Gasteiger partial charge in [-0.2, -0.15) is 0 Å². The second-order valence-corrected chi connectivity index (χ2v) is 3.26. The van der Waals surface area contributed by atoms with Crippen molar-refractivity contribution < 1.29 is 0 Å². The lowest BCUT2D eigenvalue weighted by Gasteiger charge is -2.19. The molecular weight excluding hydrogens is 158 g/mol. The Morgan fingerprint density at radius 1 is 1.46 bits per heavy atom. The van der Waals surface area contributed by atoms with Crippen LogP contribution in [0.15, 0.2) is 35.6 Å². The molecule has 13 heavy (non-hydrogen) atoms. The van der Waals surface area contributed by atoms with Crippen molar-refractivity contribution >= 4 is 0 Å². The van der Waals surface area contributed by atoms with Crippen molar-refractivity contribution in [3.05, 3.63) is 35.6 Å². The SMILES string of the molecule is C/C=C1/CCCN/C1=C/C=C/CC. The van der Waals surface area contributed by atoms with Crippen molar-refractivity contribution in [2.24, 2.45) is 0 Å². The summed E-state index contributed by atoms with van der Waals surface area (Å²) in [6.07, 6.45) is 12.3. The monoisotopic (exact) mass is 177 g/mol. The van der Waals surface area contributed by atoms with Gasteiger partial charge in [0.1, 0.15) is 0 Å². The molecule has 1 aliphatic heterocycles. The Balaban J connectivity index is 2.64. The van der Waals surface area contributed by atoms with Crippen LogP contribution in [-0.2, 0) is 0 Å². The summed E-state index contributed by atoms with van der Waals surface area (Å²) in [4.78, 5) is 0. The molecule has 72 valence electrons. The first-order valence-corrected chi connectivity index (χ1v) is 5.14. The van der Waals surface area contributed by atoms with Crippen LogP contribution >= 0.6 is 0 Å². The van der Waals surface area contributed by atoms with Crippen molar-refractivity contribution in [1.82, 2.24) is 5.32 Å². The Labute approximate surface area is 81.2 Å². The minimum Gasteiger partial charge on any atom is -0.385 e. The number of hydrogen-bond acceptors (Lipinski definition) is 1. The molecule has 0 bridgehead atoms. The van der Waals surface area contributed by atoms with E-state index in [-0.39, 0.29) is 0 Å². The van der Waals surface area contributed by atoms with Crippen LogP contribution in [0.3, 0.4) is 0 Å². The summed E-state index contributed by atoms with van der Waals surface area (Å²) in [6, 6.07) is 0. The van der Waals surface area contributed by atoms with Gasteiger partial charge in [0.15, 0.2) is 0 Å². The van der Waals surface area contributed by atoms with E-state index in [9.17, 15) is 0 Å². The molecule has 1 rings (SSSR count). The van der Waals surface area contributed by atoms with E-state index >= 15 is 0 Å². The summed E-state index contributed by atoms with van der Waals surface area (Å²) >= 11 is 0. The molecule has 0 unspecified atom stereocenters. The zero-order valence-corrected chi connectivity index (χ0v) is 8.64. The number of hydrogen-bond donors (Lipinski definition) is 1. The quantitative estimate of drug-likeness (QED) is 0.683. The van der Waals surface area contributed by atoms with Gasteiger partial charge in [-0.05, 0) is 37.8 Å². The van der Waals surface area contributed by atoms with E-state index in [2.05, 4.69) is 43.5 Å². The fourth-order valence-electron chi connectivity index (χ4n) is 1.52. The fourth-order valence-corrected chi connectivity index (χ4v) is 1.52. The van der Waals surface area contributed by atoms with E-state index < -0.39 is 0 Å². The molecule has 0 radical (unpaired) electrons. The number of allylic oxidation sites excluding steroid dienone is 5. The van der Waals surface area contributed by atoms with Gasteiger partial charge in [0.05, 0.1) is 0 Å². The highest BCUT2D eigenvalue weighted by molar-refractivity contribution is 5.33. The standard InChI is InChI=1S/C12H19N/c1-3-5-6-9-12-11(4-2)8-7-10-13-12/h4-6,9,13H,3,7-8,10H2,1-2H3/b6-5+,11-4-,12-9+. The average molecular weight is 177 g/mol. The molecule has 0 atom stereocenters. The Kier molecular flexibility index (Phi) is 4.37. The van der Waals surface area contributed by atoms with E-state index in [0.29, 0.717) is 0 Å². The van der Waals surface area contributed by atoms with Gasteiger partial charge >= 0.3 is 0 Å². The predicted molar refractivity (Wildman–Crippen MR) is 58.5 cm³/mol. The third-order valence-electron chi connectivity index (χ3n) is 2.27. The molecule has 1 aliphatic rings. The molecule has 0 saturated carbocycles. The van der Waals surface area contributed by atoms with Crippen LogP contribution in [0.1, 0.15) is 33.1 Å². The molecule has 1 fully saturated rings. The molecule has 0 spiro atoms. The highest BCUT2D eigenvalue weighted by atomic mass is 14.9. The summed E-state index contributed by atoms with van der Waals surface area (Å²) in [5.41, 5.74) is 2.76. The summed E-state index contributed by atoms with van der Waals surface area (Å²) in [5.74, 6) is 0. The van der Waals surface area contributed by atoms with E-state index in [1.807, 2.05) is 0 Å². The van der Waals surface area contributed by atoms with Crippen molar-refractivity contribution in [3.63, 3.8) is 0 Å². The predicted octanol–water partition coefficient (Wildman–Crippen LogP) is 3.17. The van der Waals surface area contributed by atoms with Crippen molar-refractivity contribution in [2.75, 3.05) is 6.54 Å². The smallest absolute Gasteiger partial charge is 0.0369 e. The van der Waals surface area contributed by atoms with Crippen molar-refractivity contribution in [3.8, 4) is 0 Å². The Morgan fingerprint density at radius 3 is 3.00 bits per heavy atom. The lowest BCUT2D eigenvalue weighted by Crippen LogP contribution is -2.21. The molecule has 1 heteroatoms. The molecule has 1 heterocycles. The van der Waals surface area contributed by atoms with Gasteiger partial charge in [-0.15, -0.1) is 0 Å². The largest absolute Gasteiger partial charge is 0.385 e. The third-order valence-corrected chi connectivity index (χ3v) is 2.27. The molecule has 0 aromatic heterocycles. The van der Waals surface area contributed by atoms with E-state index in [0.717, 1.165) is 13.0 Å². The number of piperidine rings is 1. The van der Waals surface area contributed by atoms with Crippen LogP contribution in [0.2, 0.25) is 0 Å². The van der Waals surface area contributed by atoms with Crippen molar-refractivity contribution in [1.29, 1.82) is 0 Å². The zero-order chi connectivity index (χ0) is 9.52. The molecule has 1 N–H and O–H groups in total. The first-order chi connectivity index (χ1) is 6.38. The second kappa shape index (κ2) is 5.63. The van der Waals surface area contributed by atoms with Crippen LogP contribution in [-0.4, -0.2) is 6.54 Å². The lowest BCUT2D eigenvalue weighted by atomic mass is 10.0. The molecule has 1 saturated heterocycles. The van der Waals surface area contributed by atoms with Gasteiger partial charge in [-0.3, -0.25) is 0 Å². The topological polar surface area (TPSA) is 12.0 Å². The molecule has 0 aromatic carbocycles. The Morgan fingerprint density at radius 2 is 2.31 bits per heavy atom. The number of rotatable bonds is 2. The molecule has 0 aliphatic carbocycles. The van der Waals surface area contributed by atoms with Crippen molar-refractivity contribution in [2.45, 2.75) is 33.1 Å². The second-order valence-electron chi connectivity index (χ2n) is 3.26. The lowest BCUT2D eigenvalue weighted by molar-refractivity contribution is 0.668. The van der Waals surface area contributed by atoms with Crippen LogP contribution in [0.25, 0.3) is 0 Å². The first-order valence-electron chi connectivity index (χ1n) is 5.14. The molecule has 1 nitrogen and oxygen atoms in total. The highest BCUT2D eigenvalue weighted by Crippen LogP contribution is 2.18. The maximum absolute atomic E-state index is 3.42. The van der Waals surface area contributed by atoms with Gasteiger partial charge < -0.3 is 5.32 Å². The molecule has 0 amide bonds. The summed E-state index contributed by atoms with van der Waals surface area (Å²) in [7, 11) is 0. The van der Waals surface area contributed by atoms with Crippen LogP contribution in [0.5, 0.6) is 0 Å². The first kappa shape index (κ1) is 10.1. The Bertz CT molecular complexity index is 234. The normalized spacial score (nSPS) is 24.2. The van der Waals surface area contributed by atoms with Gasteiger partial charge in [-0.1, -0.05) is 25.2 Å². The van der Waals surface area contributed by atoms with Gasteiger partial charge in [0.2, 0.25) is 0 Å². The average Bonchev–Trinajstić information content (AvgIpc) is 2.19. The third kappa shape index (κ3) is 3.10. The summed E-state index contributed by atoms with van der Waals surface area (Å²) in [6.45, 7) is 5.38.